The normalized spacial score (nSPS) is 19.2. The molecule has 1 aromatic rings. The van der Waals surface area contributed by atoms with Crippen molar-refractivity contribution in [2.24, 2.45) is 0 Å². The molecule has 0 spiro atoms. The SMILES string of the molecule is CCn1cc(N)c(C(=O)NC2CC=CCC2)n1. The third-order valence-electron chi connectivity index (χ3n) is 2.93. The Balaban J connectivity index is 2.03. The molecule has 1 aliphatic rings. The first kappa shape index (κ1) is 11.7. The molecule has 17 heavy (non-hydrogen) atoms. The van der Waals surface area contributed by atoms with E-state index < -0.39 is 0 Å². The average molecular weight is 234 g/mol. The zero-order chi connectivity index (χ0) is 12.3. The van der Waals surface area contributed by atoms with Gasteiger partial charge in [0.25, 0.3) is 5.91 Å². The number of hydrogen-bond donors (Lipinski definition) is 2. The summed E-state index contributed by atoms with van der Waals surface area (Å²) in [4.78, 5) is 12.0. The van der Waals surface area contributed by atoms with Gasteiger partial charge < -0.3 is 11.1 Å². The number of nitrogens with one attached hydrogen (secondary N) is 1. The lowest BCUT2D eigenvalue weighted by molar-refractivity contribution is 0.0929. The molecular weight excluding hydrogens is 216 g/mol. The summed E-state index contributed by atoms with van der Waals surface area (Å²) in [5.41, 5.74) is 6.54. The summed E-state index contributed by atoms with van der Waals surface area (Å²) in [6.07, 6.45) is 8.82. The number of nitrogen functional groups attached to an aromatic ring is 1. The predicted molar refractivity (Wildman–Crippen MR) is 66.6 cm³/mol. The molecule has 0 radical (unpaired) electrons. The van der Waals surface area contributed by atoms with Gasteiger partial charge in [0, 0.05) is 18.8 Å². The fourth-order valence-corrected chi connectivity index (χ4v) is 1.95. The maximum absolute atomic E-state index is 12.0. The van der Waals surface area contributed by atoms with Crippen LogP contribution in [-0.4, -0.2) is 21.7 Å². The zero-order valence-corrected chi connectivity index (χ0v) is 10.0. The van der Waals surface area contributed by atoms with E-state index in [1.165, 1.54) is 0 Å². The Hall–Kier alpha value is -1.78. The number of aryl methyl sites for hydroxylation is 1. The van der Waals surface area contributed by atoms with Gasteiger partial charge in [0.1, 0.15) is 0 Å². The minimum atomic E-state index is -0.171. The second-order valence-corrected chi connectivity index (χ2v) is 4.24. The number of nitrogens with zero attached hydrogens (tertiary/aromatic N) is 2. The van der Waals surface area contributed by atoms with E-state index >= 15 is 0 Å². The molecular formula is C12H18N4O. The van der Waals surface area contributed by atoms with E-state index in [0.29, 0.717) is 17.9 Å². The highest BCUT2D eigenvalue weighted by molar-refractivity contribution is 5.97. The molecule has 1 aromatic heterocycles. The van der Waals surface area contributed by atoms with Crippen molar-refractivity contribution in [2.75, 3.05) is 5.73 Å². The molecule has 1 amide bonds. The molecule has 3 N–H and O–H groups in total. The molecule has 1 unspecified atom stereocenters. The van der Waals surface area contributed by atoms with Gasteiger partial charge >= 0.3 is 0 Å². The highest BCUT2D eigenvalue weighted by atomic mass is 16.2. The molecule has 0 aliphatic heterocycles. The van der Waals surface area contributed by atoms with Gasteiger partial charge in [-0.1, -0.05) is 12.2 Å². The first-order valence-corrected chi connectivity index (χ1v) is 5.99. The monoisotopic (exact) mass is 234 g/mol. The quantitative estimate of drug-likeness (QED) is 0.775. The Morgan fingerprint density at radius 3 is 3.06 bits per heavy atom. The van der Waals surface area contributed by atoms with Gasteiger partial charge in [0.2, 0.25) is 0 Å². The van der Waals surface area contributed by atoms with Crippen LogP contribution in [0.3, 0.4) is 0 Å². The summed E-state index contributed by atoms with van der Waals surface area (Å²) in [6, 6.07) is 0.207. The van der Waals surface area contributed by atoms with Crippen LogP contribution in [0.4, 0.5) is 5.69 Å². The van der Waals surface area contributed by atoms with Crippen LogP contribution in [0.2, 0.25) is 0 Å². The van der Waals surface area contributed by atoms with Crippen LogP contribution in [0, 0.1) is 0 Å². The molecule has 5 nitrogen and oxygen atoms in total. The van der Waals surface area contributed by atoms with Crippen LogP contribution in [0.25, 0.3) is 0 Å². The topological polar surface area (TPSA) is 72.9 Å². The minimum Gasteiger partial charge on any atom is -0.396 e. The Morgan fingerprint density at radius 1 is 1.65 bits per heavy atom. The molecule has 2 rings (SSSR count). The second-order valence-electron chi connectivity index (χ2n) is 4.24. The number of aromatic nitrogens is 2. The third-order valence-corrected chi connectivity index (χ3v) is 2.93. The number of carbonyl (C=O) groups excluding carboxylic acids is 1. The van der Waals surface area contributed by atoms with Gasteiger partial charge in [-0.05, 0) is 26.2 Å². The van der Waals surface area contributed by atoms with Crippen molar-refractivity contribution < 1.29 is 4.79 Å². The lowest BCUT2D eigenvalue weighted by Gasteiger charge is -2.18. The molecule has 1 aliphatic carbocycles. The summed E-state index contributed by atoms with van der Waals surface area (Å²) >= 11 is 0. The standard InChI is InChI=1S/C12H18N4O/c1-2-16-8-10(13)11(15-16)12(17)14-9-6-4-3-5-7-9/h3-4,8-9H,2,5-7,13H2,1H3,(H,14,17). The molecule has 1 heterocycles. The number of allylic oxidation sites excluding steroid dienone is 1. The highest BCUT2D eigenvalue weighted by Crippen LogP contribution is 2.13. The molecule has 1 atom stereocenters. The molecule has 0 saturated carbocycles. The van der Waals surface area contributed by atoms with Crippen LogP contribution < -0.4 is 11.1 Å². The second kappa shape index (κ2) is 5.03. The molecule has 5 heteroatoms. The smallest absolute Gasteiger partial charge is 0.274 e. The third kappa shape index (κ3) is 2.67. The van der Waals surface area contributed by atoms with Gasteiger partial charge in [-0.3, -0.25) is 9.48 Å². The molecule has 0 saturated heterocycles. The summed E-state index contributed by atoms with van der Waals surface area (Å²) in [6.45, 7) is 2.67. The summed E-state index contributed by atoms with van der Waals surface area (Å²) in [7, 11) is 0. The van der Waals surface area contributed by atoms with E-state index in [0.717, 1.165) is 19.3 Å². The summed E-state index contributed by atoms with van der Waals surface area (Å²) in [5, 5.41) is 7.12. The van der Waals surface area contributed by atoms with Crippen molar-refractivity contribution in [1.82, 2.24) is 15.1 Å². The Labute approximate surface area is 101 Å². The van der Waals surface area contributed by atoms with Crippen LogP contribution in [0.5, 0.6) is 0 Å². The van der Waals surface area contributed by atoms with Crippen molar-refractivity contribution >= 4 is 11.6 Å². The minimum absolute atomic E-state index is 0.171. The first-order valence-electron chi connectivity index (χ1n) is 5.99. The van der Waals surface area contributed by atoms with E-state index in [2.05, 4.69) is 22.6 Å². The maximum atomic E-state index is 12.0. The van der Waals surface area contributed by atoms with Crippen molar-refractivity contribution in [3.05, 3.63) is 24.0 Å². The number of amides is 1. The van der Waals surface area contributed by atoms with Crippen LogP contribution in [-0.2, 0) is 6.54 Å². The molecule has 92 valence electrons. The predicted octanol–water partition coefficient (Wildman–Crippen LogP) is 1.32. The summed E-state index contributed by atoms with van der Waals surface area (Å²) < 4.78 is 1.67. The fourth-order valence-electron chi connectivity index (χ4n) is 1.95. The van der Waals surface area contributed by atoms with E-state index in [1.54, 1.807) is 10.9 Å². The Kier molecular flexibility index (Phi) is 3.46. The number of hydrogen-bond acceptors (Lipinski definition) is 3. The van der Waals surface area contributed by atoms with Crippen molar-refractivity contribution in [3.63, 3.8) is 0 Å². The van der Waals surface area contributed by atoms with E-state index in [-0.39, 0.29) is 11.9 Å². The van der Waals surface area contributed by atoms with Crippen LogP contribution >= 0.6 is 0 Å². The fraction of sp³-hybridized carbons (Fsp3) is 0.500. The first-order chi connectivity index (χ1) is 8.20. The number of anilines is 1. The van der Waals surface area contributed by atoms with Gasteiger partial charge in [0.05, 0.1) is 5.69 Å². The zero-order valence-electron chi connectivity index (χ0n) is 10.0. The van der Waals surface area contributed by atoms with Crippen molar-refractivity contribution in [2.45, 2.75) is 38.8 Å². The average Bonchev–Trinajstić information content (AvgIpc) is 2.72. The maximum Gasteiger partial charge on any atom is 0.274 e. The van der Waals surface area contributed by atoms with Gasteiger partial charge in [-0.2, -0.15) is 5.10 Å². The van der Waals surface area contributed by atoms with Crippen molar-refractivity contribution in [1.29, 1.82) is 0 Å². The Morgan fingerprint density at radius 2 is 2.47 bits per heavy atom. The van der Waals surface area contributed by atoms with Gasteiger partial charge in [-0.15, -0.1) is 0 Å². The van der Waals surface area contributed by atoms with E-state index in [9.17, 15) is 4.79 Å². The largest absolute Gasteiger partial charge is 0.396 e. The van der Waals surface area contributed by atoms with Crippen molar-refractivity contribution in [3.8, 4) is 0 Å². The van der Waals surface area contributed by atoms with Gasteiger partial charge in [-0.25, -0.2) is 0 Å². The van der Waals surface area contributed by atoms with E-state index in [1.807, 2.05) is 6.92 Å². The molecule has 0 fully saturated rings. The lowest BCUT2D eigenvalue weighted by Crippen LogP contribution is -2.35. The van der Waals surface area contributed by atoms with E-state index in [4.69, 9.17) is 5.73 Å². The highest BCUT2D eigenvalue weighted by Gasteiger charge is 2.18. The number of rotatable bonds is 3. The van der Waals surface area contributed by atoms with Crippen LogP contribution in [0.15, 0.2) is 18.3 Å². The number of carbonyl (C=O) groups is 1. The molecule has 0 bridgehead atoms. The van der Waals surface area contributed by atoms with Gasteiger partial charge in [0.15, 0.2) is 5.69 Å². The summed E-state index contributed by atoms with van der Waals surface area (Å²) in [5.74, 6) is -0.171. The lowest BCUT2D eigenvalue weighted by atomic mass is 10.0. The Bertz CT molecular complexity index is 436. The molecule has 0 aromatic carbocycles. The van der Waals surface area contributed by atoms with Crippen LogP contribution in [0.1, 0.15) is 36.7 Å². The number of nitrogens with two attached hydrogens (primary N) is 1.